The molecule has 4 unspecified atom stereocenters. The van der Waals surface area contributed by atoms with Crippen molar-refractivity contribution in [3.63, 3.8) is 0 Å². The van der Waals surface area contributed by atoms with E-state index >= 15 is 0 Å². The van der Waals surface area contributed by atoms with Crippen molar-refractivity contribution in [2.75, 3.05) is 38.0 Å². The van der Waals surface area contributed by atoms with Crippen LogP contribution in [0.25, 0.3) is 0 Å². The number of anilines is 1. The van der Waals surface area contributed by atoms with Crippen LogP contribution >= 0.6 is 0 Å². The summed E-state index contributed by atoms with van der Waals surface area (Å²) in [5.41, 5.74) is 23.5. The van der Waals surface area contributed by atoms with Crippen molar-refractivity contribution >= 4 is 5.69 Å². The summed E-state index contributed by atoms with van der Waals surface area (Å²) in [7, 11) is 0. The summed E-state index contributed by atoms with van der Waals surface area (Å²) in [6.45, 7) is 7.95. The minimum Gasteiger partial charge on any atom is -0.383 e. The van der Waals surface area contributed by atoms with Crippen LogP contribution in [-0.2, 0) is 12.8 Å². The Morgan fingerprint density at radius 1 is 0.619 bits per heavy atom. The van der Waals surface area contributed by atoms with Gasteiger partial charge in [0.25, 0.3) is 0 Å². The molecule has 0 saturated carbocycles. The molecule has 5 aliphatic rings. The first kappa shape index (κ1) is 29.4. The van der Waals surface area contributed by atoms with Crippen molar-refractivity contribution in [2.45, 2.75) is 88.1 Å². The Labute approximate surface area is 253 Å². The maximum absolute atomic E-state index is 6.06. The van der Waals surface area contributed by atoms with E-state index in [2.05, 4.69) is 71.4 Å². The molecule has 3 heterocycles. The van der Waals surface area contributed by atoms with Gasteiger partial charge in [0.2, 0.25) is 0 Å². The van der Waals surface area contributed by atoms with E-state index in [1.807, 2.05) is 12.1 Å². The number of fused-ring (bicyclic) bond motifs is 3. The van der Waals surface area contributed by atoms with E-state index in [-0.39, 0.29) is 12.1 Å². The minimum absolute atomic E-state index is 0.191. The van der Waals surface area contributed by atoms with Crippen LogP contribution in [0.15, 0.2) is 60.7 Å². The first-order chi connectivity index (χ1) is 20.6. The van der Waals surface area contributed by atoms with Crippen molar-refractivity contribution in [3.05, 3.63) is 99.6 Å². The standard InChI is InChI=1S/C15H21N.C14H20N2.C8H10N2/c1-11-4-5-13-9-12(6-7-15(11)13)14-3-2-8-16-10-14;15-14-4-2-12-9-11(1-3-13(12)14)10-5-7-16-8-6-10;9-7-5-10-8-4-2-1-3-6(7)8/h6-7,9,11,14,16H,2-5,8,10H2,1H3;1,3,9-10,14,16H,2,4-8,15H2;1-4,7,10H,5,9H2. The van der Waals surface area contributed by atoms with Gasteiger partial charge in [-0.1, -0.05) is 61.5 Å². The highest BCUT2D eigenvalue weighted by Gasteiger charge is 2.23. The summed E-state index contributed by atoms with van der Waals surface area (Å²) in [6.07, 6.45) is 10.2. The van der Waals surface area contributed by atoms with Crippen LogP contribution in [0.4, 0.5) is 5.69 Å². The summed E-state index contributed by atoms with van der Waals surface area (Å²) in [5, 5.41) is 10.2. The molecule has 3 aromatic rings. The number of aryl methyl sites for hydroxylation is 2. The Kier molecular flexibility index (Phi) is 9.60. The second-order valence-electron chi connectivity index (χ2n) is 13.1. The zero-order valence-corrected chi connectivity index (χ0v) is 25.5. The van der Waals surface area contributed by atoms with Crippen molar-refractivity contribution in [1.29, 1.82) is 0 Å². The molecular formula is C37H51N5. The molecule has 0 radical (unpaired) electrons. The quantitative estimate of drug-likeness (QED) is 0.248. The normalized spacial score (nSPS) is 26.1. The molecule has 3 aliphatic heterocycles. The minimum atomic E-state index is 0.191. The van der Waals surface area contributed by atoms with Crippen molar-refractivity contribution in [2.24, 2.45) is 11.5 Å². The van der Waals surface area contributed by atoms with Gasteiger partial charge in [0, 0.05) is 30.9 Å². The van der Waals surface area contributed by atoms with Crippen LogP contribution in [0.2, 0.25) is 0 Å². The fourth-order valence-corrected chi connectivity index (χ4v) is 7.63. The van der Waals surface area contributed by atoms with Gasteiger partial charge in [0.05, 0.1) is 0 Å². The molecule has 5 nitrogen and oxygen atoms in total. The molecule has 42 heavy (non-hydrogen) atoms. The molecule has 5 heteroatoms. The predicted octanol–water partition coefficient (Wildman–Crippen LogP) is 6.41. The molecule has 4 atom stereocenters. The zero-order valence-electron chi connectivity index (χ0n) is 25.5. The highest BCUT2D eigenvalue weighted by atomic mass is 15.0. The molecule has 3 aromatic carbocycles. The number of nitrogens with two attached hydrogens (primary N) is 2. The largest absolute Gasteiger partial charge is 0.383 e. The zero-order chi connectivity index (χ0) is 28.9. The van der Waals surface area contributed by atoms with Gasteiger partial charge < -0.3 is 27.4 Å². The molecule has 2 fully saturated rings. The summed E-state index contributed by atoms with van der Waals surface area (Å²) < 4.78 is 0. The predicted molar refractivity (Wildman–Crippen MR) is 176 cm³/mol. The number of nitrogens with one attached hydrogen (secondary N) is 3. The molecule has 0 amide bonds. The Morgan fingerprint density at radius 3 is 2.10 bits per heavy atom. The van der Waals surface area contributed by atoms with E-state index in [0.29, 0.717) is 0 Å². The highest BCUT2D eigenvalue weighted by molar-refractivity contribution is 5.57. The molecule has 7 N–H and O–H groups in total. The highest BCUT2D eigenvalue weighted by Crippen LogP contribution is 2.36. The SMILES string of the molecule is CC1CCc2cc(C3CCCNC3)ccc21.NC1CCc2cc(C3CCNCC3)ccc21.NC1CNc2ccccc21. The monoisotopic (exact) mass is 565 g/mol. The first-order valence-corrected chi connectivity index (χ1v) is 16.6. The van der Waals surface area contributed by atoms with Gasteiger partial charge in [-0.05, 0) is 134 Å². The maximum Gasteiger partial charge on any atom is 0.0491 e. The average molecular weight is 566 g/mol. The van der Waals surface area contributed by atoms with Gasteiger partial charge in [-0.3, -0.25) is 0 Å². The molecule has 8 rings (SSSR count). The fourth-order valence-electron chi connectivity index (χ4n) is 7.63. The van der Waals surface area contributed by atoms with Gasteiger partial charge in [-0.15, -0.1) is 0 Å². The van der Waals surface area contributed by atoms with E-state index in [4.69, 9.17) is 11.5 Å². The molecular weight excluding hydrogens is 514 g/mol. The van der Waals surface area contributed by atoms with Crippen molar-refractivity contribution < 1.29 is 0 Å². The lowest BCUT2D eigenvalue weighted by Crippen LogP contribution is -2.28. The molecule has 0 spiro atoms. The second-order valence-corrected chi connectivity index (χ2v) is 13.1. The summed E-state index contributed by atoms with van der Waals surface area (Å²) in [5.74, 6) is 2.31. The van der Waals surface area contributed by atoms with Crippen LogP contribution in [0, 0.1) is 0 Å². The van der Waals surface area contributed by atoms with E-state index in [1.165, 1.54) is 99.1 Å². The van der Waals surface area contributed by atoms with Gasteiger partial charge >= 0.3 is 0 Å². The molecule has 2 saturated heterocycles. The van der Waals surface area contributed by atoms with Crippen LogP contribution in [-0.4, -0.2) is 32.7 Å². The van der Waals surface area contributed by atoms with E-state index in [9.17, 15) is 0 Å². The third kappa shape index (κ3) is 6.75. The third-order valence-electron chi connectivity index (χ3n) is 10.3. The van der Waals surface area contributed by atoms with Crippen LogP contribution in [0.1, 0.15) is 114 Å². The number of piperidine rings is 2. The van der Waals surface area contributed by atoms with Gasteiger partial charge in [0.15, 0.2) is 0 Å². The summed E-state index contributed by atoms with van der Waals surface area (Å²) in [6, 6.07) is 22.9. The summed E-state index contributed by atoms with van der Waals surface area (Å²) >= 11 is 0. The number of hydrogen-bond acceptors (Lipinski definition) is 5. The molecule has 2 aliphatic carbocycles. The Hall–Kier alpha value is -2.70. The van der Waals surface area contributed by atoms with Crippen molar-refractivity contribution in [3.8, 4) is 0 Å². The van der Waals surface area contributed by atoms with E-state index < -0.39 is 0 Å². The molecule has 0 bridgehead atoms. The van der Waals surface area contributed by atoms with Gasteiger partial charge in [0.1, 0.15) is 0 Å². The third-order valence-corrected chi connectivity index (χ3v) is 10.3. The first-order valence-electron chi connectivity index (χ1n) is 16.6. The molecule has 224 valence electrons. The topological polar surface area (TPSA) is 88.1 Å². The number of hydrogen-bond donors (Lipinski definition) is 5. The van der Waals surface area contributed by atoms with Crippen molar-refractivity contribution in [1.82, 2.24) is 10.6 Å². The lowest BCUT2D eigenvalue weighted by Gasteiger charge is -2.23. The lowest BCUT2D eigenvalue weighted by atomic mass is 9.88. The maximum atomic E-state index is 6.06. The Morgan fingerprint density at radius 2 is 1.33 bits per heavy atom. The average Bonchev–Trinajstić information content (AvgIpc) is 3.74. The summed E-state index contributed by atoms with van der Waals surface area (Å²) in [4.78, 5) is 0. The Bertz CT molecular complexity index is 1250. The van der Waals surface area contributed by atoms with E-state index in [0.717, 1.165) is 30.7 Å². The van der Waals surface area contributed by atoms with E-state index in [1.54, 1.807) is 16.7 Å². The Balaban J connectivity index is 0.000000116. The number of benzene rings is 3. The van der Waals surface area contributed by atoms with Crippen LogP contribution in [0.5, 0.6) is 0 Å². The molecule has 0 aromatic heterocycles. The number of para-hydroxylation sites is 1. The lowest BCUT2D eigenvalue weighted by molar-refractivity contribution is 0.460. The van der Waals surface area contributed by atoms with Gasteiger partial charge in [-0.25, -0.2) is 0 Å². The van der Waals surface area contributed by atoms with Gasteiger partial charge in [-0.2, -0.15) is 0 Å². The number of rotatable bonds is 2. The van der Waals surface area contributed by atoms with Crippen LogP contribution < -0.4 is 27.4 Å². The second kappa shape index (κ2) is 13.7. The fraction of sp³-hybridized carbons (Fsp3) is 0.514. The van der Waals surface area contributed by atoms with Crippen LogP contribution in [0.3, 0.4) is 0 Å². The smallest absolute Gasteiger partial charge is 0.0491 e.